The average Bonchev–Trinajstić information content (AvgIpc) is 2.77. The van der Waals surface area contributed by atoms with Gasteiger partial charge >= 0.3 is 11.9 Å². The number of ether oxygens (including phenoxy) is 2. The lowest BCUT2D eigenvalue weighted by molar-refractivity contribution is -0.142. The van der Waals surface area contributed by atoms with Crippen molar-refractivity contribution in [3.8, 4) is 0 Å². The predicted molar refractivity (Wildman–Crippen MR) is 85.6 cm³/mol. The van der Waals surface area contributed by atoms with Crippen molar-refractivity contribution in [2.24, 2.45) is 0 Å². The molecule has 1 rings (SSSR count). The Bertz CT molecular complexity index is 607. The maximum absolute atomic E-state index is 12.3. The van der Waals surface area contributed by atoms with E-state index >= 15 is 0 Å². The van der Waals surface area contributed by atoms with Crippen LogP contribution in [-0.4, -0.2) is 35.4 Å². The van der Waals surface area contributed by atoms with E-state index in [1.165, 1.54) is 6.08 Å². The lowest BCUT2D eigenvalue weighted by atomic mass is 10.0. The number of carbonyl (C=O) groups excluding carboxylic acids is 3. The number of carbonyl (C=O) groups is 3. The van der Waals surface area contributed by atoms with Crippen LogP contribution in [0.1, 0.15) is 59.3 Å². The van der Waals surface area contributed by atoms with Gasteiger partial charge in [-0.05, 0) is 45.2 Å². The Hall–Kier alpha value is -2.37. The molecular weight excluding hydrogens is 298 g/mol. The number of hydrogen-bond donors (Lipinski definition) is 1. The molecule has 126 valence electrons. The molecule has 6 heteroatoms. The molecule has 0 amide bonds. The van der Waals surface area contributed by atoms with Gasteiger partial charge in [0.2, 0.25) is 0 Å². The SMILES string of the molecule is C=CCOC(=O)CCc1c(C(=O)OC(C)(C)C)[nH]c(C=O)c1C. The normalized spacial score (nSPS) is 11.0. The quantitative estimate of drug-likeness (QED) is 0.474. The molecule has 0 radical (unpaired) electrons. The molecule has 0 saturated heterocycles. The van der Waals surface area contributed by atoms with E-state index < -0.39 is 17.5 Å². The molecule has 6 nitrogen and oxygen atoms in total. The van der Waals surface area contributed by atoms with E-state index in [2.05, 4.69) is 11.6 Å². The first-order valence-electron chi connectivity index (χ1n) is 7.36. The zero-order valence-electron chi connectivity index (χ0n) is 14.0. The molecule has 0 spiro atoms. The summed E-state index contributed by atoms with van der Waals surface area (Å²) in [6, 6.07) is 0. The van der Waals surface area contributed by atoms with E-state index in [0.717, 1.165) is 0 Å². The highest BCUT2D eigenvalue weighted by molar-refractivity contribution is 5.92. The third-order valence-corrected chi connectivity index (χ3v) is 3.08. The number of aromatic nitrogens is 1. The maximum Gasteiger partial charge on any atom is 0.355 e. The van der Waals surface area contributed by atoms with Crippen molar-refractivity contribution < 1.29 is 23.9 Å². The number of esters is 2. The molecule has 0 fully saturated rings. The van der Waals surface area contributed by atoms with E-state index in [9.17, 15) is 14.4 Å². The minimum absolute atomic E-state index is 0.0978. The van der Waals surface area contributed by atoms with Crippen LogP contribution in [0.4, 0.5) is 0 Å². The molecule has 1 N–H and O–H groups in total. The van der Waals surface area contributed by atoms with Crippen molar-refractivity contribution >= 4 is 18.2 Å². The summed E-state index contributed by atoms with van der Waals surface area (Å²) in [5.74, 6) is -0.948. The van der Waals surface area contributed by atoms with Crippen LogP contribution in [0.2, 0.25) is 0 Å². The third-order valence-electron chi connectivity index (χ3n) is 3.08. The van der Waals surface area contributed by atoms with E-state index in [4.69, 9.17) is 9.47 Å². The van der Waals surface area contributed by atoms with Crippen molar-refractivity contribution in [3.63, 3.8) is 0 Å². The Labute approximate surface area is 135 Å². The molecule has 0 atom stereocenters. The summed E-state index contributed by atoms with van der Waals surface area (Å²) in [4.78, 5) is 37.8. The van der Waals surface area contributed by atoms with E-state index in [1.54, 1.807) is 27.7 Å². The van der Waals surface area contributed by atoms with Gasteiger partial charge in [-0.3, -0.25) is 9.59 Å². The fourth-order valence-electron chi connectivity index (χ4n) is 2.04. The molecule has 0 aliphatic carbocycles. The third kappa shape index (κ3) is 5.39. The second-order valence-electron chi connectivity index (χ2n) is 6.11. The van der Waals surface area contributed by atoms with Gasteiger partial charge in [0, 0.05) is 6.42 Å². The minimum atomic E-state index is -0.655. The molecule has 23 heavy (non-hydrogen) atoms. The Morgan fingerprint density at radius 1 is 1.30 bits per heavy atom. The summed E-state index contributed by atoms with van der Waals surface area (Å²) in [6.07, 6.45) is 2.50. The standard InChI is InChI=1S/C17H23NO5/c1-6-9-22-14(20)8-7-12-11(2)13(10-19)18-15(12)16(21)23-17(3,4)5/h6,10,18H,1,7-9H2,2-5H3. The Morgan fingerprint density at radius 2 is 1.96 bits per heavy atom. The van der Waals surface area contributed by atoms with Gasteiger partial charge in [-0.25, -0.2) is 4.79 Å². The first kappa shape index (κ1) is 18.7. The van der Waals surface area contributed by atoms with Gasteiger partial charge < -0.3 is 14.5 Å². The summed E-state index contributed by atoms with van der Waals surface area (Å²) < 4.78 is 10.2. The molecule has 0 bridgehead atoms. The molecule has 1 aromatic heterocycles. The number of rotatable bonds is 7. The zero-order chi connectivity index (χ0) is 17.6. The van der Waals surface area contributed by atoms with Gasteiger partial charge in [-0.1, -0.05) is 12.7 Å². The second kappa shape index (κ2) is 7.76. The molecule has 0 aromatic carbocycles. The van der Waals surface area contributed by atoms with Crippen LogP contribution in [0, 0.1) is 6.92 Å². The largest absolute Gasteiger partial charge is 0.461 e. The summed E-state index contributed by atoms with van der Waals surface area (Å²) in [5, 5.41) is 0. The van der Waals surface area contributed by atoms with Gasteiger partial charge in [-0.2, -0.15) is 0 Å². The summed E-state index contributed by atoms with van der Waals surface area (Å²) in [7, 11) is 0. The average molecular weight is 321 g/mol. The van der Waals surface area contributed by atoms with Gasteiger partial charge in [-0.15, -0.1) is 0 Å². The van der Waals surface area contributed by atoms with Gasteiger partial charge in [0.05, 0.1) is 5.69 Å². The number of aldehydes is 1. The van der Waals surface area contributed by atoms with Crippen LogP contribution in [0.5, 0.6) is 0 Å². The fraction of sp³-hybridized carbons (Fsp3) is 0.471. The number of nitrogens with one attached hydrogen (secondary N) is 1. The van der Waals surface area contributed by atoms with Crippen molar-refractivity contribution in [1.29, 1.82) is 0 Å². The van der Waals surface area contributed by atoms with Crippen LogP contribution in [0.25, 0.3) is 0 Å². The monoisotopic (exact) mass is 321 g/mol. The van der Waals surface area contributed by atoms with Crippen molar-refractivity contribution in [2.75, 3.05) is 6.61 Å². The highest BCUT2D eigenvalue weighted by atomic mass is 16.6. The van der Waals surface area contributed by atoms with Crippen LogP contribution in [-0.2, 0) is 20.7 Å². The van der Waals surface area contributed by atoms with Gasteiger partial charge in [0.1, 0.15) is 17.9 Å². The highest BCUT2D eigenvalue weighted by Gasteiger charge is 2.25. The Kier molecular flexibility index (Phi) is 6.30. The number of H-pyrrole nitrogens is 1. The van der Waals surface area contributed by atoms with Gasteiger partial charge in [0.25, 0.3) is 0 Å². The molecule has 1 aromatic rings. The fourth-order valence-corrected chi connectivity index (χ4v) is 2.04. The smallest absolute Gasteiger partial charge is 0.355 e. The summed E-state index contributed by atoms with van der Waals surface area (Å²) in [6.45, 7) is 10.6. The highest BCUT2D eigenvalue weighted by Crippen LogP contribution is 2.22. The topological polar surface area (TPSA) is 85.5 Å². The van der Waals surface area contributed by atoms with E-state index in [1.807, 2.05) is 0 Å². The molecule has 0 unspecified atom stereocenters. The Morgan fingerprint density at radius 3 is 2.48 bits per heavy atom. The van der Waals surface area contributed by atoms with E-state index in [-0.39, 0.29) is 25.1 Å². The number of aromatic amines is 1. The van der Waals surface area contributed by atoms with Crippen LogP contribution < -0.4 is 0 Å². The molecule has 0 aliphatic rings. The predicted octanol–water partition coefficient (Wildman–Crippen LogP) is 2.75. The van der Waals surface area contributed by atoms with Crippen LogP contribution in [0.3, 0.4) is 0 Å². The summed E-state index contributed by atoms with van der Waals surface area (Å²) in [5.41, 5.74) is 1.09. The van der Waals surface area contributed by atoms with E-state index in [0.29, 0.717) is 23.1 Å². The maximum atomic E-state index is 12.3. The Balaban J connectivity index is 2.98. The zero-order valence-corrected chi connectivity index (χ0v) is 14.0. The first-order valence-corrected chi connectivity index (χ1v) is 7.36. The van der Waals surface area contributed by atoms with Crippen LogP contribution >= 0.6 is 0 Å². The molecular formula is C17H23NO5. The second-order valence-corrected chi connectivity index (χ2v) is 6.11. The van der Waals surface area contributed by atoms with Crippen molar-refractivity contribution in [2.45, 2.75) is 46.1 Å². The van der Waals surface area contributed by atoms with Crippen LogP contribution in [0.15, 0.2) is 12.7 Å². The lowest BCUT2D eigenvalue weighted by Crippen LogP contribution is -2.24. The van der Waals surface area contributed by atoms with Gasteiger partial charge in [0.15, 0.2) is 6.29 Å². The number of hydrogen-bond acceptors (Lipinski definition) is 5. The first-order chi connectivity index (χ1) is 10.7. The molecule has 0 saturated carbocycles. The lowest BCUT2D eigenvalue weighted by Gasteiger charge is -2.19. The minimum Gasteiger partial charge on any atom is -0.461 e. The molecule has 1 heterocycles. The molecule has 0 aliphatic heterocycles. The van der Waals surface area contributed by atoms with Crippen molar-refractivity contribution in [3.05, 3.63) is 35.2 Å². The van der Waals surface area contributed by atoms with Crippen molar-refractivity contribution in [1.82, 2.24) is 4.98 Å². The summed E-state index contributed by atoms with van der Waals surface area (Å²) >= 11 is 0.